The molecule has 4 heteroatoms. The van der Waals surface area contributed by atoms with Gasteiger partial charge in [-0.1, -0.05) is 18.2 Å². The third-order valence-electron chi connectivity index (χ3n) is 4.45. The zero-order valence-corrected chi connectivity index (χ0v) is 14.5. The number of rotatable bonds is 1. The van der Waals surface area contributed by atoms with E-state index >= 15 is 0 Å². The van der Waals surface area contributed by atoms with Crippen LogP contribution >= 0.6 is 0 Å². The summed E-state index contributed by atoms with van der Waals surface area (Å²) in [5, 5.41) is 1.32. The number of aromatic nitrogens is 1. The first-order valence-electron chi connectivity index (χ1n) is 8.39. The fourth-order valence-corrected chi connectivity index (χ4v) is 3.34. The van der Waals surface area contributed by atoms with Crippen LogP contribution in [0.15, 0.2) is 30.5 Å². The number of hydrogen-bond acceptors (Lipinski definition) is 2. The highest BCUT2D eigenvalue weighted by atomic mass is 16.6. The first-order chi connectivity index (χ1) is 10.8. The lowest BCUT2D eigenvalue weighted by atomic mass is 10.0. The number of hydrogen-bond donors (Lipinski definition) is 0. The molecule has 1 amide bonds. The van der Waals surface area contributed by atoms with Crippen molar-refractivity contribution in [2.45, 2.75) is 52.2 Å². The molecule has 1 aliphatic heterocycles. The SMILES string of the molecule is Cc1cn(C2CCN(C(=O)OC(C)(C)C)CC2)c2ccccc12. The fraction of sp³-hybridized carbons (Fsp3) is 0.526. The van der Waals surface area contributed by atoms with Gasteiger partial charge in [0.15, 0.2) is 0 Å². The van der Waals surface area contributed by atoms with Crippen molar-refractivity contribution in [2.24, 2.45) is 0 Å². The molecule has 1 fully saturated rings. The molecule has 0 atom stereocenters. The summed E-state index contributed by atoms with van der Waals surface area (Å²) in [7, 11) is 0. The van der Waals surface area contributed by atoms with Crippen molar-refractivity contribution in [1.82, 2.24) is 9.47 Å². The summed E-state index contributed by atoms with van der Waals surface area (Å²) >= 11 is 0. The van der Waals surface area contributed by atoms with E-state index in [4.69, 9.17) is 4.74 Å². The van der Waals surface area contributed by atoms with E-state index < -0.39 is 5.60 Å². The number of aryl methyl sites for hydroxylation is 1. The number of carbonyl (C=O) groups is 1. The minimum atomic E-state index is -0.429. The molecule has 0 saturated carbocycles. The molecule has 3 rings (SSSR count). The van der Waals surface area contributed by atoms with Crippen LogP contribution in [-0.2, 0) is 4.74 Å². The van der Waals surface area contributed by atoms with Gasteiger partial charge in [0.05, 0.1) is 0 Å². The number of amides is 1. The molecule has 2 aromatic rings. The molecule has 0 aliphatic carbocycles. The van der Waals surface area contributed by atoms with Crippen molar-refractivity contribution in [2.75, 3.05) is 13.1 Å². The van der Waals surface area contributed by atoms with Crippen molar-refractivity contribution in [3.63, 3.8) is 0 Å². The van der Waals surface area contributed by atoms with Gasteiger partial charge in [0, 0.05) is 36.2 Å². The summed E-state index contributed by atoms with van der Waals surface area (Å²) < 4.78 is 7.86. The van der Waals surface area contributed by atoms with Gasteiger partial charge in [-0.15, -0.1) is 0 Å². The second kappa shape index (κ2) is 5.91. The monoisotopic (exact) mass is 314 g/mol. The smallest absolute Gasteiger partial charge is 0.410 e. The minimum absolute atomic E-state index is 0.190. The number of piperidine rings is 1. The Morgan fingerprint density at radius 1 is 1.17 bits per heavy atom. The van der Waals surface area contributed by atoms with Crippen LogP contribution in [0.4, 0.5) is 4.79 Å². The van der Waals surface area contributed by atoms with Crippen LogP contribution in [0.25, 0.3) is 10.9 Å². The number of fused-ring (bicyclic) bond motifs is 1. The zero-order chi connectivity index (χ0) is 16.6. The van der Waals surface area contributed by atoms with Gasteiger partial charge in [0.1, 0.15) is 5.60 Å². The lowest BCUT2D eigenvalue weighted by Gasteiger charge is -2.34. The Balaban J connectivity index is 1.70. The molecule has 0 spiro atoms. The molecule has 124 valence electrons. The summed E-state index contributed by atoms with van der Waals surface area (Å²) in [5.74, 6) is 0. The minimum Gasteiger partial charge on any atom is -0.444 e. The highest BCUT2D eigenvalue weighted by Crippen LogP contribution is 2.30. The van der Waals surface area contributed by atoms with E-state index in [-0.39, 0.29) is 6.09 Å². The molecule has 1 aromatic heterocycles. The average molecular weight is 314 g/mol. The average Bonchev–Trinajstić information content (AvgIpc) is 2.83. The van der Waals surface area contributed by atoms with Gasteiger partial charge in [-0.05, 0) is 52.2 Å². The van der Waals surface area contributed by atoms with Gasteiger partial charge in [-0.2, -0.15) is 0 Å². The van der Waals surface area contributed by atoms with Crippen LogP contribution < -0.4 is 0 Å². The maximum absolute atomic E-state index is 12.2. The van der Waals surface area contributed by atoms with E-state index in [9.17, 15) is 4.79 Å². The molecule has 2 heterocycles. The highest BCUT2D eigenvalue weighted by molar-refractivity contribution is 5.83. The maximum atomic E-state index is 12.2. The zero-order valence-electron chi connectivity index (χ0n) is 14.5. The van der Waals surface area contributed by atoms with Crippen molar-refractivity contribution >= 4 is 17.0 Å². The Morgan fingerprint density at radius 3 is 2.48 bits per heavy atom. The molecule has 1 saturated heterocycles. The predicted molar refractivity (Wildman–Crippen MR) is 92.8 cm³/mol. The molecule has 0 unspecified atom stereocenters. The predicted octanol–water partition coefficient (Wildman–Crippen LogP) is 4.52. The third-order valence-corrected chi connectivity index (χ3v) is 4.45. The van der Waals surface area contributed by atoms with E-state index in [0.29, 0.717) is 6.04 Å². The molecule has 1 aliphatic rings. The van der Waals surface area contributed by atoms with E-state index in [2.05, 4.69) is 42.0 Å². The number of ether oxygens (including phenoxy) is 1. The molecule has 4 nitrogen and oxygen atoms in total. The Labute approximate surface area is 138 Å². The largest absolute Gasteiger partial charge is 0.444 e. The Kier molecular flexibility index (Phi) is 4.09. The van der Waals surface area contributed by atoms with Gasteiger partial charge in [-0.25, -0.2) is 4.79 Å². The van der Waals surface area contributed by atoms with Crippen molar-refractivity contribution < 1.29 is 9.53 Å². The van der Waals surface area contributed by atoms with Crippen LogP contribution in [0.3, 0.4) is 0 Å². The van der Waals surface area contributed by atoms with E-state index in [1.165, 1.54) is 16.5 Å². The van der Waals surface area contributed by atoms with Crippen molar-refractivity contribution in [3.05, 3.63) is 36.0 Å². The van der Waals surface area contributed by atoms with Crippen LogP contribution in [0, 0.1) is 6.92 Å². The lowest BCUT2D eigenvalue weighted by molar-refractivity contribution is 0.0189. The summed E-state index contributed by atoms with van der Waals surface area (Å²) in [6.45, 7) is 9.40. The Bertz CT molecular complexity index is 704. The summed E-state index contributed by atoms with van der Waals surface area (Å²) in [5.41, 5.74) is 2.18. The highest BCUT2D eigenvalue weighted by Gasteiger charge is 2.28. The molecule has 0 N–H and O–H groups in total. The summed E-state index contributed by atoms with van der Waals surface area (Å²) in [4.78, 5) is 14.0. The van der Waals surface area contributed by atoms with Gasteiger partial charge in [0.2, 0.25) is 0 Å². The Hall–Kier alpha value is -1.97. The van der Waals surface area contributed by atoms with Gasteiger partial charge in [0.25, 0.3) is 0 Å². The molecule has 1 aromatic carbocycles. The number of para-hydroxylation sites is 1. The molecule has 0 bridgehead atoms. The molecule has 0 radical (unpaired) electrons. The summed E-state index contributed by atoms with van der Waals surface area (Å²) in [6.07, 6.45) is 4.00. The topological polar surface area (TPSA) is 34.5 Å². The molecule has 23 heavy (non-hydrogen) atoms. The third kappa shape index (κ3) is 3.36. The van der Waals surface area contributed by atoms with E-state index in [1.54, 1.807) is 0 Å². The summed E-state index contributed by atoms with van der Waals surface area (Å²) in [6, 6.07) is 8.99. The molecular weight excluding hydrogens is 288 g/mol. The molecular formula is C19H26N2O2. The van der Waals surface area contributed by atoms with Gasteiger partial charge in [-0.3, -0.25) is 0 Å². The first-order valence-corrected chi connectivity index (χ1v) is 8.39. The fourth-order valence-electron chi connectivity index (χ4n) is 3.34. The normalized spacial score (nSPS) is 16.8. The van der Waals surface area contributed by atoms with Crippen LogP contribution in [0.1, 0.15) is 45.2 Å². The lowest BCUT2D eigenvalue weighted by Crippen LogP contribution is -2.42. The quantitative estimate of drug-likeness (QED) is 0.775. The first kappa shape index (κ1) is 15.9. The van der Waals surface area contributed by atoms with Crippen LogP contribution in [0.2, 0.25) is 0 Å². The second-order valence-electron chi connectivity index (χ2n) is 7.44. The number of nitrogens with zero attached hydrogens (tertiary/aromatic N) is 2. The number of carbonyl (C=O) groups excluding carboxylic acids is 1. The van der Waals surface area contributed by atoms with E-state index in [1.807, 2.05) is 25.7 Å². The number of likely N-dealkylation sites (tertiary alicyclic amines) is 1. The second-order valence-corrected chi connectivity index (χ2v) is 7.44. The van der Waals surface area contributed by atoms with E-state index in [0.717, 1.165) is 25.9 Å². The van der Waals surface area contributed by atoms with Gasteiger partial charge >= 0.3 is 6.09 Å². The number of benzene rings is 1. The van der Waals surface area contributed by atoms with Crippen LogP contribution in [0.5, 0.6) is 0 Å². The maximum Gasteiger partial charge on any atom is 0.410 e. The van der Waals surface area contributed by atoms with Crippen molar-refractivity contribution in [3.8, 4) is 0 Å². The van der Waals surface area contributed by atoms with Crippen LogP contribution in [-0.4, -0.2) is 34.3 Å². The van der Waals surface area contributed by atoms with Crippen molar-refractivity contribution in [1.29, 1.82) is 0 Å². The standard InChI is InChI=1S/C19H26N2O2/c1-14-13-21(17-8-6-5-7-16(14)17)15-9-11-20(12-10-15)18(22)23-19(2,3)4/h5-8,13,15H,9-12H2,1-4H3. The Morgan fingerprint density at radius 2 is 1.83 bits per heavy atom. The van der Waals surface area contributed by atoms with Gasteiger partial charge < -0.3 is 14.2 Å².